The van der Waals surface area contributed by atoms with Gasteiger partial charge in [0, 0.05) is 0 Å². The second-order valence-corrected chi connectivity index (χ2v) is 6.21. The molecule has 0 bridgehead atoms. The van der Waals surface area contributed by atoms with Crippen molar-refractivity contribution in [2.24, 2.45) is 0 Å². The lowest BCUT2D eigenvalue weighted by atomic mass is 10.3. The van der Waals surface area contributed by atoms with E-state index < -0.39 is 15.8 Å². The molecule has 2 N–H and O–H groups in total. The number of aromatic hydroxyl groups is 1. The van der Waals surface area contributed by atoms with E-state index in [1.807, 2.05) is 0 Å². The summed E-state index contributed by atoms with van der Waals surface area (Å²) in [5.41, 5.74) is 0.191. The van der Waals surface area contributed by atoms with Gasteiger partial charge in [0.1, 0.15) is 16.5 Å². The Labute approximate surface area is 118 Å². The first-order chi connectivity index (χ1) is 8.90. The maximum atomic E-state index is 13.1. The summed E-state index contributed by atoms with van der Waals surface area (Å²) in [5.74, 6) is -0.846. The Hall–Kier alpha value is -1.60. The van der Waals surface area contributed by atoms with Gasteiger partial charge in [0.05, 0.1) is 10.2 Å². The largest absolute Gasteiger partial charge is 0.507 e. The molecule has 0 atom stereocenters. The molecule has 0 radical (unpaired) electrons. The van der Waals surface area contributed by atoms with Crippen LogP contribution in [0.2, 0.25) is 0 Å². The summed E-state index contributed by atoms with van der Waals surface area (Å²) < 4.78 is 39.5. The van der Waals surface area contributed by atoms with Crippen molar-refractivity contribution in [1.29, 1.82) is 0 Å². The standard InChI is InChI=1S/C12H9BrFNO3S/c13-9-7-8(5-6-10(9)14)15-19(17,18)12-4-2-1-3-11(12)16/h1-7,15-16H. The van der Waals surface area contributed by atoms with Crippen molar-refractivity contribution >= 4 is 31.6 Å². The van der Waals surface area contributed by atoms with Gasteiger partial charge in [0.2, 0.25) is 0 Å². The Bertz CT molecular complexity index is 719. The predicted molar refractivity (Wildman–Crippen MR) is 73.0 cm³/mol. The zero-order chi connectivity index (χ0) is 14.0. The van der Waals surface area contributed by atoms with Gasteiger partial charge in [0.15, 0.2) is 0 Å². The Morgan fingerprint density at radius 2 is 1.84 bits per heavy atom. The van der Waals surface area contributed by atoms with E-state index in [1.165, 1.54) is 36.4 Å². The maximum absolute atomic E-state index is 13.1. The first-order valence-electron chi connectivity index (χ1n) is 5.16. The molecule has 0 aromatic heterocycles. The molecule has 2 aromatic carbocycles. The average Bonchev–Trinajstić information content (AvgIpc) is 2.34. The van der Waals surface area contributed by atoms with E-state index in [-0.39, 0.29) is 20.8 Å². The van der Waals surface area contributed by atoms with Gasteiger partial charge >= 0.3 is 0 Å². The van der Waals surface area contributed by atoms with Crippen molar-refractivity contribution < 1.29 is 17.9 Å². The normalized spacial score (nSPS) is 11.3. The molecule has 100 valence electrons. The van der Waals surface area contributed by atoms with Gasteiger partial charge in [-0.25, -0.2) is 12.8 Å². The summed E-state index contributed by atoms with van der Waals surface area (Å²) in [7, 11) is -3.92. The van der Waals surface area contributed by atoms with E-state index >= 15 is 0 Å². The van der Waals surface area contributed by atoms with Crippen LogP contribution in [0.15, 0.2) is 51.8 Å². The van der Waals surface area contributed by atoms with Crippen molar-refractivity contribution in [3.63, 3.8) is 0 Å². The first kappa shape index (κ1) is 13.8. The average molecular weight is 346 g/mol. The lowest BCUT2D eigenvalue weighted by Gasteiger charge is -2.09. The van der Waals surface area contributed by atoms with E-state index in [1.54, 1.807) is 0 Å². The van der Waals surface area contributed by atoms with E-state index in [2.05, 4.69) is 20.7 Å². The lowest BCUT2D eigenvalue weighted by molar-refractivity contribution is 0.459. The van der Waals surface area contributed by atoms with Gasteiger partial charge in [-0.15, -0.1) is 0 Å². The summed E-state index contributed by atoms with van der Waals surface area (Å²) in [6.07, 6.45) is 0. The van der Waals surface area contributed by atoms with Crippen molar-refractivity contribution in [1.82, 2.24) is 0 Å². The van der Waals surface area contributed by atoms with Gasteiger partial charge in [-0.05, 0) is 46.3 Å². The number of anilines is 1. The van der Waals surface area contributed by atoms with E-state index in [0.29, 0.717) is 0 Å². The number of hydrogen-bond acceptors (Lipinski definition) is 3. The number of rotatable bonds is 3. The highest BCUT2D eigenvalue weighted by Gasteiger charge is 2.18. The highest BCUT2D eigenvalue weighted by molar-refractivity contribution is 9.10. The van der Waals surface area contributed by atoms with E-state index in [4.69, 9.17) is 0 Å². The molecule has 4 nitrogen and oxygen atoms in total. The minimum atomic E-state index is -3.92. The third-order valence-corrected chi connectivity index (χ3v) is 4.36. The molecule has 0 heterocycles. The number of hydrogen-bond donors (Lipinski definition) is 2. The molecular weight excluding hydrogens is 337 g/mol. The number of halogens is 2. The minimum absolute atomic E-state index is 0.144. The topological polar surface area (TPSA) is 66.4 Å². The summed E-state index contributed by atoms with van der Waals surface area (Å²) in [5, 5.41) is 9.53. The smallest absolute Gasteiger partial charge is 0.265 e. The Balaban J connectivity index is 2.37. The molecule has 0 aliphatic carbocycles. The molecule has 7 heteroatoms. The lowest BCUT2D eigenvalue weighted by Crippen LogP contribution is -2.13. The molecule has 0 aliphatic heterocycles. The number of nitrogens with one attached hydrogen (secondary N) is 1. The molecule has 19 heavy (non-hydrogen) atoms. The molecule has 0 aliphatic rings. The van der Waals surface area contributed by atoms with Crippen molar-refractivity contribution in [3.05, 3.63) is 52.8 Å². The minimum Gasteiger partial charge on any atom is -0.507 e. The second kappa shape index (κ2) is 5.18. The fourth-order valence-electron chi connectivity index (χ4n) is 1.45. The van der Waals surface area contributed by atoms with Crippen molar-refractivity contribution in [3.8, 4) is 5.75 Å². The van der Waals surface area contributed by atoms with E-state index in [9.17, 15) is 17.9 Å². The van der Waals surface area contributed by atoms with Crippen molar-refractivity contribution in [2.45, 2.75) is 4.90 Å². The van der Waals surface area contributed by atoms with Crippen LogP contribution < -0.4 is 4.72 Å². The summed E-state index contributed by atoms with van der Waals surface area (Å²) in [6.45, 7) is 0. The molecular formula is C12H9BrFNO3S. The quantitative estimate of drug-likeness (QED) is 0.898. The SMILES string of the molecule is O=S(=O)(Nc1ccc(F)c(Br)c1)c1ccccc1O. The first-order valence-corrected chi connectivity index (χ1v) is 7.43. The van der Waals surface area contributed by atoms with Gasteiger partial charge in [-0.2, -0.15) is 0 Å². The second-order valence-electron chi connectivity index (χ2n) is 3.70. The monoisotopic (exact) mass is 345 g/mol. The zero-order valence-electron chi connectivity index (χ0n) is 9.47. The van der Waals surface area contributed by atoms with Gasteiger partial charge in [0.25, 0.3) is 10.0 Å². The van der Waals surface area contributed by atoms with Crippen LogP contribution in [0.4, 0.5) is 10.1 Å². The Kier molecular flexibility index (Phi) is 3.77. The van der Waals surface area contributed by atoms with Crippen LogP contribution in [0.3, 0.4) is 0 Å². The molecule has 0 saturated carbocycles. The summed E-state index contributed by atoms with van der Waals surface area (Å²) in [4.78, 5) is -0.240. The van der Waals surface area contributed by atoms with Crippen LogP contribution >= 0.6 is 15.9 Å². The molecule has 0 fully saturated rings. The molecule has 0 unspecified atom stereocenters. The van der Waals surface area contributed by atoms with Gasteiger partial charge in [-0.3, -0.25) is 4.72 Å². The van der Waals surface area contributed by atoms with Crippen molar-refractivity contribution in [2.75, 3.05) is 4.72 Å². The van der Waals surface area contributed by atoms with E-state index in [0.717, 1.165) is 6.07 Å². The fourth-order valence-corrected chi connectivity index (χ4v) is 2.98. The number of benzene rings is 2. The number of phenols is 1. The molecule has 0 amide bonds. The number of sulfonamides is 1. The van der Waals surface area contributed by atoms with Crippen LogP contribution in [-0.4, -0.2) is 13.5 Å². The molecule has 2 rings (SSSR count). The number of para-hydroxylation sites is 1. The third-order valence-electron chi connectivity index (χ3n) is 2.33. The van der Waals surface area contributed by atoms with Gasteiger partial charge in [-0.1, -0.05) is 12.1 Å². The summed E-state index contributed by atoms with van der Waals surface area (Å²) >= 11 is 2.97. The molecule has 2 aromatic rings. The molecule has 0 saturated heterocycles. The Morgan fingerprint density at radius 3 is 2.47 bits per heavy atom. The maximum Gasteiger partial charge on any atom is 0.265 e. The Morgan fingerprint density at radius 1 is 1.16 bits per heavy atom. The van der Waals surface area contributed by atoms with Crippen LogP contribution in [0.1, 0.15) is 0 Å². The molecule has 0 spiro atoms. The zero-order valence-corrected chi connectivity index (χ0v) is 11.9. The predicted octanol–water partition coefficient (Wildman–Crippen LogP) is 3.09. The third kappa shape index (κ3) is 3.05. The van der Waals surface area contributed by atoms with Crippen LogP contribution in [-0.2, 0) is 10.0 Å². The highest BCUT2D eigenvalue weighted by atomic mass is 79.9. The summed E-state index contributed by atoms with van der Waals surface area (Å²) in [6, 6.07) is 9.28. The number of phenolic OH excluding ortho intramolecular Hbond substituents is 1. The van der Waals surface area contributed by atoms with Crippen LogP contribution in [0.5, 0.6) is 5.75 Å². The van der Waals surface area contributed by atoms with Gasteiger partial charge < -0.3 is 5.11 Å². The fraction of sp³-hybridized carbons (Fsp3) is 0. The van der Waals surface area contributed by atoms with Crippen LogP contribution in [0, 0.1) is 5.82 Å². The van der Waals surface area contributed by atoms with Crippen LogP contribution in [0.25, 0.3) is 0 Å². The highest BCUT2D eigenvalue weighted by Crippen LogP contribution is 2.26.